The fourth-order valence-electron chi connectivity index (χ4n) is 3.50. The number of aromatic nitrogens is 1. The highest BCUT2D eigenvalue weighted by Gasteiger charge is 2.16. The second kappa shape index (κ2) is 8.49. The summed E-state index contributed by atoms with van der Waals surface area (Å²) in [6.07, 6.45) is 3.97. The van der Waals surface area contributed by atoms with Crippen molar-refractivity contribution in [2.24, 2.45) is 0 Å². The van der Waals surface area contributed by atoms with Crippen LogP contribution in [0.1, 0.15) is 50.2 Å². The van der Waals surface area contributed by atoms with Gasteiger partial charge in [0.05, 0.1) is 18.6 Å². The molecule has 1 N–H and O–H groups in total. The molecule has 156 valence electrons. The summed E-state index contributed by atoms with van der Waals surface area (Å²) in [6.45, 7) is 6.77. The summed E-state index contributed by atoms with van der Waals surface area (Å²) in [5.74, 6) is 2.03. The van der Waals surface area contributed by atoms with Gasteiger partial charge in [0.25, 0.3) is 0 Å². The van der Waals surface area contributed by atoms with Gasteiger partial charge < -0.3 is 14.5 Å². The number of hydrogen-bond acceptors (Lipinski definition) is 4. The Hall–Kier alpha value is -2.47. The van der Waals surface area contributed by atoms with E-state index in [0.29, 0.717) is 11.5 Å². The summed E-state index contributed by atoms with van der Waals surface area (Å²) >= 11 is 0. The summed E-state index contributed by atoms with van der Waals surface area (Å²) < 4.78 is 35.4. The first-order chi connectivity index (χ1) is 13.7. The van der Waals surface area contributed by atoms with E-state index in [1.165, 1.54) is 6.26 Å². The van der Waals surface area contributed by atoms with E-state index >= 15 is 0 Å². The van der Waals surface area contributed by atoms with Gasteiger partial charge in [-0.25, -0.2) is 8.42 Å². The molecule has 2 aromatic carbocycles. The van der Waals surface area contributed by atoms with Crippen LogP contribution in [0, 0.1) is 0 Å². The average Bonchev–Trinajstić information content (AvgIpc) is 3.13. The Morgan fingerprint density at radius 2 is 1.76 bits per heavy atom. The van der Waals surface area contributed by atoms with Crippen LogP contribution in [0.5, 0.6) is 11.5 Å². The van der Waals surface area contributed by atoms with Gasteiger partial charge in [0.2, 0.25) is 0 Å². The number of nitrogens with one attached hydrogen (secondary N) is 1. The van der Waals surface area contributed by atoms with Gasteiger partial charge in [-0.15, -0.1) is 0 Å². The molecule has 1 atom stereocenters. The van der Waals surface area contributed by atoms with Gasteiger partial charge in [-0.1, -0.05) is 20.8 Å². The third kappa shape index (κ3) is 4.75. The molecule has 0 unspecified atom stereocenters. The van der Waals surface area contributed by atoms with E-state index in [9.17, 15) is 8.42 Å². The smallest absolute Gasteiger partial charge is 0.175 e. The van der Waals surface area contributed by atoms with Crippen LogP contribution in [0.4, 0.5) is 0 Å². The normalized spacial score (nSPS) is 13.0. The summed E-state index contributed by atoms with van der Waals surface area (Å²) in [4.78, 5) is 3.53. The zero-order valence-corrected chi connectivity index (χ0v) is 18.5. The topological polar surface area (TPSA) is 68.4 Å². The molecule has 0 aliphatic heterocycles. The maximum absolute atomic E-state index is 11.9. The number of fused-ring (bicyclic) bond motifs is 1. The summed E-state index contributed by atoms with van der Waals surface area (Å²) in [5.41, 5.74) is 3.12. The lowest BCUT2D eigenvalue weighted by atomic mass is 9.96. The lowest BCUT2D eigenvalue weighted by molar-refractivity contribution is 0.295. The fourth-order valence-corrected chi connectivity index (χ4v) is 4.16. The van der Waals surface area contributed by atoms with Gasteiger partial charge in [0, 0.05) is 24.0 Å². The van der Waals surface area contributed by atoms with Crippen LogP contribution < -0.4 is 9.47 Å². The minimum Gasteiger partial charge on any atom is -0.496 e. The van der Waals surface area contributed by atoms with Crippen molar-refractivity contribution >= 4 is 20.7 Å². The van der Waals surface area contributed by atoms with Gasteiger partial charge in [-0.05, 0) is 65.1 Å². The second-order valence-electron chi connectivity index (χ2n) is 7.82. The first-order valence-corrected chi connectivity index (χ1v) is 11.7. The van der Waals surface area contributed by atoms with Crippen LogP contribution in [0.3, 0.4) is 0 Å². The number of methoxy groups -OCH3 is 1. The third-order valence-corrected chi connectivity index (χ3v) is 6.38. The number of sulfone groups is 1. The van der Waals surface area contributed by atoms with Crippen molar-refractivity contribution in [2.45, 2.75) is 43.9 Å². The van der Waals surface area contributed by atoms with E-state index in [-0.39, 0.29) is 11.8 Å². The average molecular weight is 416 g/mol. The highest BCUT2D eigenvalue weighted by molar-refractivity contribution is 7.90. The molecule has 0 aliphatic carbocycles. The Morgan fingerprint density at radius 3 is 2.41 bits per heavy atom. The number of aromatic amines is 1. The fraction of sp³-hybridized carbons (Fsp3) is 0.391. The standard InChI is InChI=1S/C23H29NO4S/c1-15(2)19-13-18(29(5,25)26)6-7-22(19)28-11-9-16(3)20-12-17-8-10-24-21(17)14-23(20)27-4/h6-8,10,12-16,24H,9,11H2,1-5H3/t16-/m1/s1. The van der Waals surface area contributed by atoms with Gasteiger partial charge >= 0.3 is 0 Å². The van der Waals surface area contributed by atoms with E-state index in [4.69, 9.17) is 9.47 Å². The largest absolute Gasteiger partial charge is 0.496 e. The maximum atomic E-state index is 11.9. The van der Waals surface area contributed by atoms with Crippen LogP contribution in [0.2, 0.25) is 0 Å². The van der Waals surface area contributed by atoms with E-state index in [2.05, 4.69) is 24.0 Å². The van der Waals surface area contributed by atoms with Crippen LogP contribution in [-0.2, 0) is 9.84 Å². The SMILES string of the molecule is COc1cc2[nH]ccc2cc1[C@H](C)CCOc1ccc(S(C)(=O)=O)cc1C(C)C. The Balaban J connectivity index is 1.74. The van der Waals surface area contributed by atoms with Gasteiger partial charge in [-0.2, -0.15) is 0 Å². The maximum Gasteiger partial charge on any atom is 0.175 e. The predicted octanol–water partition coefficient (Wildman–Crippen LogP) is 5.28. The Morgan fingerprint density at radius 1 is 1.00 bits per heavy atom. The second-order valence-corrected chi connectivity index (χ2v) is 9.84. The minimum atomic E-state index is -3.24. The molecule has 0 bridgehead atoms. The molecule has 0 radical (unpaired) electrons. The Bertz CT molecular complexity index is 1100. The van der Waals surface area contributed by atoms with Gasteiger partial charge in [-0.3, -0.25) is 0 Å². The number of H-pyrrole nitrogens is 1. The Kier molecular flexibility index (Phi) is 6.22. The molecular formula is C23H29NO4S. The van der Waals surface area contributed by atoms with Crippen molar-refractivity contribution in [3.63, 3.8) is 0 Å². The zero-order chi connectivity index (χ0) is 21.2. The molecular weight excluding hydrogens is 386 g/mol. The van der Waals surface area contributed by atoms with Crippen molar-refractivity contribution < 1.29 is 17.9 Å². The van der Waals surface area contributed by atoms with Crippen LogP contribution >= 0.6 is 0 Å². The molecule has 29 heavy (non-hydrogen) atoms. The molecule has 0 aliphatic rings. The molecule has 3 aromatic rings. The molecule has 5 nitrogen and oxygen atoms in total. The van der Waals surface area contributed by atoms with Crippen LogP contribution in [0.25, 0.3) is 10.9 Å². The summed E-state index contributed by atoms with van der Waals surface area (Å²) in [6, 6.07) is 11.4. The van der Waals surface area contributed by atoms with Gasteiger partial charge in [0.1, 0.15) is 11.5 Å². The number of hydrogen-bond donors (Lipinski definition) is 1. The van der Waals surface area contributed by atoms with Crippen molar-refractivity contribution in [1.82, 2.24) is 4.98 Å². The molecule has 1 heterocycles. The van der Waals surface area contributed by atoms with Gasteiger partial charge in [0.15, 0.2) is 9.84 Å². The summed E-state index contributed by atoms with van der Waals surface area (Å²) in [5, 5.41) is 1.16. The van der Waals surface area contributed by atoms with E-state index in [1.807, 2.05) is 26.1 Å². The number of benzene rings is 2. The molecule has 0 spiro atoms. The highest BCUT2D eigenvalue weighted by atomic mass is 32.2. The molecule has 0 fully saturated rings. The molecule has 0 saturated heterocycles. The summed E-state index contributed by atoms with van der Waals surface area (Å²) in [7, 11) is -1.55. The first-order valence-electron chi connectivity index (χ1n) is 9.82. The van der Waals surface area contributed by atoms with E-state index < -0.39 is 9.84 Å². The first kappa shape index (κ1) is 21.2. The lowest BCUT2D eigenvalue weighted by Gasteiger charge is -2.18. The van der Waals surface area contributed by atoms with Crippen molar-refractivity contribution in [1.29, 1.82) is 0 Å². The predicted molar refractivity (Wildman–Crippen MR) is 117 cm³/mol. The lowest BCUT2D eigenvalue weighted by Crippen LogP contribution is -2.07. The quantitative estimate of drug-likeness (QED) is 0.544. The van der Waals surface area contributed by atoms with Crippen molar-refractivity contribution in [2.75, 3.05) is 20.0 Å². The molecule has 1 aromatic heterocycles. The number of ether oxygens (including phenoxy) is 2. The van der Waals surface area contributed by atoms with E-state index in [0.717, 1.165) is 39.9 Å². The molecule has 0 amide bonds. The Labute approximate surface area is 173 Å². The third-order valence-electron chi connectivity index (χ3n) is 5.27. The molecule has 0 saturated carbocycles. The van der Waals surface area contributed by atoms with Crippen LogP contribution in [-0.4, -0.2) is 33.4 Å². The minimum absolute atomic E-state index is 0.167. The monoisotopic (exact) mass is 415 g/mol. The molecule has 3 rings (SSSR count). The van der Waals surface area contributed by atoms with E-state index in [1.54, 1.807) is 25.3 Å². The van der Waals surface area contributed by atoms with Crippen molar-refractivity contribution in [3.8, 4) is 11.5 Å². The molecule has 6 heteroatoms. The highest BCUT2D eigenvalue weighted by Crippen LogP contribution is 2.34. The van der Waals surface area contributed by atoms with Crippen molar-refractivity contribution in [3.05, 3.63) is 53.7 Å². The number of rotatable bonds is 8. The van der Waals surface area contributed by atoms with Crippen LogP contribution in [0.15, 0.2) is 47.5 Å². The zero-order valence-electron chi connectivity index (χ0n) is 17.7.